The summed E-state index contributed by atoms with van der Waals surface area (Å²) < 4.78 is 29.4. The summed E-state index contributed by atoms with van der Waals surface area (Å²) >= 11 is 0. The predicted molar refractivity (Wildman–Crippen MR) is 107 cm³/mol. The van der Waals surface area contributed by atoms with E-state index in [2.05, 4.69) is 15.2 Å². The summed E-state index contributed by atoms with van der Waals surface area (Å²) in [6.45, 7) is 0.580. The van der Waals surface area contributed by atoms with Crippen molar-refractivity contribution in [3.63, 3.8) is 0 Å². The van der Waals surface area contributed by atoms with Gasteiger partial charge in [-0.3, -0.25) is 9.78 Å². The Morgan fingerprint density at radius 1 is 1.17 bits per heavy atom. The predicted octanol–water partition coefficient (Wildman–Crippen LogP) is 4.24. The number of pyridine rings is 1. The number of hydrogen-bond donors (Lipinski definition) is 0. The van der Waals surface area contributed by atoms with Crippen LogP contribution in [0.3, 0.4) is 0 Å². The van der Waals surface area contributed by atoms with Crippen LogP contribution in [0.15, 0.2) is 42.7 Å². The first-order valence-electron chi connectivity index (χ1n) is 10.0. The van der Waals surface area contributed by atoms with E-state index in [1.165, 1.54) is 18.3 Å². The number of rotatable bonds is 4. The summed E-state index contributed by atoms with van der Waals surface area (Å²) in [6, 6.07) is 7.73. The van der Waals surface area contributed by atoms with Gasteiger partial charge in [-0.15, -0.1) is 5.10 Å². The van der Waals surface area contributed by atoms with Crippen molar-refractivity contribution in [2.24, 2.45) is 0 Å². The molecule has 1 aromatic carbocycles. The number of likely N-dealkylation sites (N-methyl/N-ethyl adjacent to an activating group) is 1. The van der Waals surface area contributed by atoms with Crippen molar-refractivity contribution in [3.05, 3.63) is 76.4 Å². The molecule has 5 nitrogen and oxygen atoms in total. The minimum atomic E-state index is -1.53. The SMILES string of the molecule is CN1CCc2c(ccnc2-c2cc(C(F)c3cc(F)cc(C4CC4)c3)cnn2)C1=O. The number of alkyl halides is 1. The van der Waals surface area contributed by atoms with E-state index in [0.29, 0.717) is 35.8 Å². The molecule has 1 fully saturated rings. The van der Waals surface area contributed by atoms with Crippen LogP contribution in [-0.2, 0) is 6.42 Å². The second-order valence-corrected chi connectivity index (χ2v) is 7.99. The Morgan fingerprint density at radius 2 is 2.00 bits per heavy atom. The standard InChI is InChI=1S/C23H20F2N4O/c1-29-7-5-18-19(23(29)30)4-6-26-22(18)20-11-16(12-27-28-20)21(25)15-8-14(13-2-3-13)9-17(24)10-15/h4,6,8-13,21H,2-3,5,7H2,1H3. The maximum atomic E-state index is 15.3. The van der Waals surface area contributed by atoms with Crippen LogP contribution in [0.1, 0.15) is 57.5 Å². The average Bonchev–Trinajstić information content (AvgIpc) is 3.61. The fraction of sp³-hybridized carbons (Fsp3) is 0.304. The number of benzene rings is 1. The van der Waals surface area contributed by atoms with Gasteiger partial charge in [0.05, 0.1) is 11.9 Å². The summed E-state index contributed by atoms with van der Waals surface area (Å²) in [5, 5.41) is 8.10. The Bertz CT molecular complexity index is 1150. The number of aromatic nitrogens is 3. The molecule has 0 spiro atoms. The summed E-state index contributed by atoms with van der Waals surface area (Å²) in [4.78, 5) is 18.5. The zero-order chi connectivity index (χ0) is 20.8. The third kappa shape index (κ3) is 3.34. The lowest BCUT2D eigenvalue weighted by molar-refractivity contribution is 0.0781. The van der Waals surface area contributed by atoms with Crippen LogP contribution in [-0.4, -0.2) is 39.6 Å². The van der Waals surface area contributed by atoms with Crippen LogP contribution in [0.5, 0.6) is 0 Å². The lowest BCUT2D eigenvalue weighted by atomic mass is 9.95. The Kier molecular flexibility index (Phi) is 4.53. The van der Waals surface area contributed by atoms with E-state index in [1.807, 2.05) is 0 Å². The molecule has 0 bridgehead atoms. The van der Waals surface area contributed by atoms with Crippen molar-refractivity contribution in [2.45, 2.75) is 31.4 Å². The van der Waals surface area contributed by atoms with Gasteiger partial charge >= 0.3 is 0 Å². The highest BCUT2D eigenvalue weighted by molar-refractivity contribution is 5.98. The van der Waals surface area contributed by atoms with Crippen LogP contribution < -0.4 is 0 Å². The minimum Gasteiger partial charge on any atom is -0.341 e. The number of carbonyl (C=O) groups is 1. The van der Waals surface area contributed by atoms with Gasteiger partial charge in [-0.25, -0.2) is 8.78 Å². The second-order valence-electron chi connectivity index (χ2n) is 7.99. The van der Waals surface area contributed by atoms with E-state index in [9.17, 15) is 9.18 Å². The van der Waals surface area contributed by atoms with E-state index >= 15 is 4.39 Å². The van der Waals surface area contributed by atoms with Gasteiger partial charge in [0.15, 0.2) is 6.17 Å². The Hall–Kier alpha value is -3.22. The van der Waals surface area contributed by atoms with E-state index in [-0.39, 0.29) is 17.0 Å². The number of carbonyl (C=O) groups excluding carboxylic acids is 1. The number of hydrogen-bond acceptors (Lipinski definition) is 4. The van der Waals surface area contributed by atoms with Gasteiger partial charge in [0.25, 0.3) is 5.91 Å². The maximum Gasteiger partial charge on any atom is 0.254 e. The first-order valence-corrected chi connectivity index (χ1v) is 10.0. The summed E-state index contributed by atoms with van der Waals surface area (Å²) in [7, 11) is 1.76. The summed E-state index contributed by atoms with van der Waals surface area (Å²) in [5.41, 5.74) is 3.72. The molecule has 1 aliphatic heterocycles. The van der Waals surface area contributed by atoms with Gasteiger partial charge in [-0.05, 0) is 66.1 Å². The molecule has 2 aromatic heterocycles. The molecule has 1 atom stereocenters. The molecular formula is C23H20F2N4O. The smallest absolute Gasteiger partial charge is 0.254 e. The van der Waals surface area contributed by atoms with Gasteiger partial charge < -0.3 is 4.90 Å². The molecule has 0 N–H and O–H groups in total. The van der Waals surface area contributed by atoms with Crippen molar-refractivity contribution in [2.75, 3.05) is 13.6 Å². The van der Waals surface area contributed by atoms with Gasteiger partial charge in [-0.1, -0.05) is 6.07 Å². The lowest BCUT2D eigenvalue weighted by Crippen LogP contribution is -2.34. The molecule has 152 valence electrons. The van der Waals surface area contributed by atoms with Gasteiger partial charge in [0.2, 0.25) is 0 Å². The first kappa shape index (κ1) is 18.8. The van der Waals surface area contributed by atoms with Crippen LogP contribution in [0.2, 0.25) is 0 Å². The Labute approximate surface area is 172 Å². The molecule has 30 heavy (non-hydrogen) atoms. The normalized spacial score (nSPS) is 17.0. The third-order valence-electron chi connectivity index (χ3n) is 5.82. The van der Waals surface area contributed by atoms with Gasteiger partial charge in [0.1, 0.15) is 11.5 Å². The first-order chi connectivity index (χ1) is 14.5. The molecule has 7 heteroatoms. The fourth-order valence-corrected chi connectivity index (χ4v) is 4.02. The number of amides is 1. The van der Waals surface area contributed by atoms with E-state index in [0.717, 1.165) is 24.0 Å². The Morgan fingerprint density at radius 3 is 2.80 bits per heavy atom. The molecule has 3 aromatic rings. The number of nitrogens with zero attached hydrogens (tertiary/aromatic N) is 4. The molecule has 1 unspecified atom stereocenters. The molecule has 1 saturated carbocycles. The molecule has 1 amide bonds. The van der Waals surface area contributed by atoms with Crippen molar-refractivity contribution in [3.8, 4) is 11.4 Å². The van der Waals surface area contributed by atoms with Crippen LogP contribution >= 0.6 is 0 Å². The van der Waals surface area contributed by atoms with E-state index < -0.39 is 12.0 Å². The summed E-state index contributed by atoms with van der Waals surface area (Å²) in [6.07, 6.45) is 4.05. The largest absolute Gasteiger partial charge is 0.341 e. The molecular weight excluding hydrogens is 386 g/mol. The topological polar surface area (TPSA) is 59.0 Å². The molecule has 3 heterocycles. The zero-order valence-electron chi connectivity index (χ0n) is 16.5. The molecule has 0 saturated heterocycles. The van der Waals surface area contributed by atoms with Crippen LogP contribution in [0.25, 0.3) is 11.4 Å². The highest BCUT2D eigenvalue weighted by atomic mass is 19.1. The van der Waals surface area contributed by atoms with E-state index in [1.54, 1.807) is 36.3 Å². The monoisotopic (exact) mass is 406 g/mol. The van der Waals surface area contributed by atoms with Crippen LogP contribution in [0.4, 0.5) is 8.78 Å². The molecule has 0 radical (unpaired) electrons. The molecule has 1 aliphatic carbocycles. The van der Waals surface area contributed by atoms with Crippen molar-refractivity contribution < 1.29 is 13.6 Å². The van der Waals surface area contributed by atoms with Crippen molar-refractivity contribution in [1.82, 2.24) is 20.1 Å². The Balaban J connectivity index is 1.52. The van der Waals surface area contributed by atoms with Crippen molar-refractivity contribution in [1.29, 1.82) is 0 Å². The van der Waals surface area contributed by atoms with Crippen molar-refractivity contribution >= 4 is 5.91 Å². The minimum absolute atomic E-state index is 0.0697. The van der Waals surface area contributed by atoms with E-state index in [4.69, 9.17) is 0 Å². The third-order valence-corrected chi connectivity index (χ3v) is 5.82. The highest BCUT2D eigenvalue weighted by Gasteiger charge is 2.27. The molecule has 2 aliphatic rings. The maximum absolute atomic E-state index is 15.3. The van der Waals surface area contributed by atoms with Gasteiger partial charge in [0, 0.05) is 30.9 Å². The average molecular weight is 406 g/mol. The summed E-state index contributed by atoms with van der Waals surface area (Å²) in [5.74, 6) is -0.172. The second kappa shape index (κ2) is 7.23. The fourth-order valence-electron chi connectivity index (χ4n) is 4.02. The lowest BCUT2D eigenvalue weighted by Gasteiger charge is -2.25. The quantitative estimate of drug-likeness (QED) is 0.650. The zero-order valence-corrected chi connectivity index (χ0v) is 16.5. The van der Waals surface area contributed by atoms with Crippen LogP contribution in [0, 0.1) is 5.82 Å². The molecule has 5 rings (SSSR count). The highest BCUT2D eigenvalue weighted by Crippen LogP contribution is 2.42. The number of fused-ring (bicyclic) bond motifs is 1. The van der Waals surface area contributed by atoms with Gasteiger partial charge in [-0.2, -0.15) is 5.10 Å². The number of halogens is 2.